The molecule has 0 aromatic heterocycles. The molecule has 5 nitrogen and oxygen atoms in total. The highest BCUT2D eigenvalue weighted by Gasteiger charge is 2.17. The van der Waals surface area contributed by atoms with Crippen LogP contribution in [0, 0.1) is 11.3 Å². The predicted octanol–water partition coefficient (Wildman–Crippen LogP) is 0.790. The normalized spacial score (nSPS) is 19.7. The average molecular weight is 258 g/mol. The van der Waals surface area contributed by atoms with Gasteiger partial charge >= 0.3 is 0 Å². The summed E-state index contributed by atoms with van der Waals surface area (Å²) in [5, 5.41) is 15.0. The Balaban J connectivity index is 1.88. The molecule has 1 saturated heterocycles. The molecular formula is C14H18N4O. The van der Waals surface area contributed by atoms with Gasteiger partial charge in [0.25, 0.3) is 0 Å². The highest BCUT2D eigenvalue weighted by Crippen LogP contribution is 2.10. The van der Waals surface area contributed by atoms with Crippen LogP contribution in [0.25, 0.3) is 0 Å². The van der Waals surface area contributed by atoms with Gasteiger partial charge in [-0.3, -0.25) is 9.69 Å². The number of carbonyl (C=O) groups is 1. The van der Waals surface area contributed by atoms with Crippen molar-refractivity contribution in [2.75, 3.05) is 31.5 Å². The zero-order valence-electron chi connectivity index (χ0n) is 11.0. The highest BCUT2D eigenvalue weighted by atomic mass is 16.2. The summed E-state index contributed by atoms with van der Waals surface area (Å²) in [5.41, 5.74) is 1.22. The van der Waals surface area contributed by atoms with Crippen molar-refractivity contribution in [1.82, 2.24) is 10.2 Å². The Labute approximate surface area is 113 Å². The molecule has 1 aromatic carbocycles. The third-order valence-corrected chi connectivity index (χ3v) is 3.10. The summed E-state index contributed by atoms with van der Waals surface area (Å²) >= 11 is 0. The summed E-state index contributed by atoms with van der Waals surface area (Å²) in [7, 11) is 0. The molecule has 0 unspecified atom stereocenters. The first-order valence-electron chi connectivity index (χ1n) is 6.43. The average Bonchev–Trinajstić information content (AvgIpc) is 2.38. The minimum Gasteiger partial charge on any atom is -0.325 e. The number of rotatable bonds is 3. The minimum absolute atomic E-state index is 0.0378. The number of amides is 1. The Kier molecular flexibility index (Phi) is 4.50. The zero-order chi connectivity index (χ0) is 13.7. The molecule has 0 bridgehead atoms. The number of nitrogens with one attached hydrogen (secondary N) is 2. The van der Waals surface area contributed by atoms with E-state index in [1.807, 2.05) is 0 Å². The van der Waals surface area contributed by atoms with Gasteiger partial charge in [-0.05, 0) is 25.1 Å². The molecule has 1 aliphatic rings. The maximum atomic E-state index is 11.9. The van der Waals surface area contributed by atoms with Gasteiger partial charge in [-0.25, -0.2) is 0 Å². The Morgan fingerprint density at radius 2 is 2.47 bits per heavy atom. The molecule has 1 aromatic rings. The molecule has 100 valence electrons. The summed E-state index contributed by atoms with van der Waals surface area (Å²) in [6.45, 7) is 5.18. The second-order valence-electron chi connectivity index (χ2n) is 4.83. The van der Waals surface area contributed by atoms with Gasteiger partial charge in [0, 0.05) is 31.4 Å². The second kappa shape index (κ2) is 6.32. The molecule has 1 aliphatic heterocycles. The van der Waals surface area contributed by atoms with Gasteiger partial charge < -0.3 is 10.6 Å². The maximum Gasteiger partial charge on any atom is 0.238 e. The van der Waals surface area contributed by atoms with E-state index in [0.717, 1.165) is 19.6 Å². The number of nitrogens with zero attached hydrogens (tertiary/aromatic N) is 2. The third-order valence-electron chi connectivity index (χ3n) is 3.10. The standard InChI is InChI=1S/C14H18N4O/c1-11-9-18(6-5-16-11)10-14(19)17-13-4-2-3-12(7-13)8-15/h2-4,7,11,16H,5-6,9-10H2,1H3,(H,17,19)/t11-/m1/s1. The van der Waals surface area contributed by atoms with Gasteiger partial charge in [0.05, 0.1) is 18.2 Å². The van der Waals surface area contributed by atoms with Crippen LogP contribution in [0.1, 0.15) is 12.5 Å². The Morgan fingerprint density at radius 1 is 1.63 bits per heavy atom. The van der Waals surface area contributed by atoms with Crippen LogP contribution in [-0.4, -0.2) is 43.0 Å². The number of benzene rings is 1. The van der Waals surface area contributed by atoms with Crippen LogP contribution in [0.2, 0.25) is 0 Å². The monoisotopic (exact) mass is 258 g/mol. The topological polar surface area (TPSA) is 68.2 Å². The third kappa shape index (κ3) is 4.05. The van der Waals surface area contributed by atoms with Crippen LogP contribution in [0.15, 0.2) is 24.3 Å². The van der Waals surface area contributed by atoms with Crippen LogP contribution >= 0.6 is 0 Å². The molecule has 0 spiro atoms. The van der Waals surface area contributed by atoms with Crippen LogP contribution in [0.4, 0.5) is 5.69 Å². The number of piperazine rings is 1. The lowest BCUT2D eigenvalue weighted by Gasteiger charge is -2.31. The zero-order valence-corrected chi connectivity index (χ0v) is 11.0. The molecule has 0 radical (unpaired) electrons. The van der Waals surface area contributed by atoms with E-state index in [1.54, 1.807) is 24.3 Å². The Morgan fingerprint density at radius 3 is 3.21 bits per heavy atom. The summed E-state index contributed by atoms with van der Waals surface area (Å²) in [5.74, 6) is -0.0378. The Hall–Kier alpha value is -1.90. The number of anilines is 1. The second-order valence-corrected chi connectivity index (χ2v) is 4.83. The first-order chi connectivity index (χ1) is 9.17. The fourth-order valence-corrected chi connectivity index (χ4v) is 2.23. The van der Waals surface area contributed by atoms with Crippen molar-refractivity contribution in [3.63, 3.8) is 0 Å². The van der Waals surface area contributed by atoms with E-state index in [-0.39, 0.29) is 5.91 Å². The summed E-state index contributed by atoms with van der Waals surface area (Å²) in [6.07, 6.45) is 0. The van der Waals surface area contributed by atoms with Crippen molar-refractivity contribution in [3.8, 4) is 6.07 Å². The summed E-state index contributed by atoms with van der Waals surface area (Å²) in [6, 6.07) is 9.43. The van der Waals surface area contributed by atoms with Gasteiger partial charge in [0.15, 0.2) is 0 Å². The van der Waals surface area contributed by atoms with Gasteiger partial charge in [-0.2, -0.15) is 5.26 Å². The van der Waals surface area contributed by atoms with Crippen molar-refractivity contribution in [3.05, 3.63) is 29.8 Å². The lowest BCUT2D eigenvalue weighted by molar-refractivity contribution is -0.117. The van der Waals surface area contributed by atoms with Crippen LogP contribution in [-0.2, 0) is 4.79 Å². The van der Waals surface area contributed by atoms with Gasteiger partial charge in [0.1, 0.15) is 0 Å². The highest BCUT2D eigenvalue weighted by molar-refractivity contribution is 5.92. The molecule has 1 amide bonds. The van der Waals surface area contributed by atoms with Gasteiger partial charge in [0.2, 0.25) is 5.91 Å². The largest absolute Gasteiger partial charge is 0.325 e. The molecule has 1 fully saturated rings. The molecule has 1 atom stereocenters. The molecule has 2 rings (SSSR count). The van der Waals surface area contributed by atoms with E-state index >= 15 is 0 Å². The van der Waals surface area contributed by atoms with E-state index in [2.05, 4.69) is 28.5 Å². The first-order valence-corrected chi connectivity index (χ1v) is 6.43. The predicted molar refractivity (Wildman–Crippen MR) is 73.7 cm³/mol. The lowest BCUT2D eigenvalue weighted by atomic mass is 10.2. The quantitative estimate of drug-likeness (QED) is 0.841. The number of hydrogen-bond acceptors (Lipinski definition) is 4. The van der Waals surface area contributed by atoms with Gasteiger partial charge in [-0.15, -0.1) is 0 Å². The summed E-state index contributed by atoms with van der Waals surface area (Å²) < 4.78 is 0. The fraction of sp³-hybridized carbons (Fsp3) is 0.429. The Bertz CT molecular complexity index is 494. The molecular weight excluding hydrogens is 240 g/mol. The van der Waals surface area contributed by atoms with Crippen molar-refractivity contribution in [1.29, 1.82) is 5.26 Å². The van der Waals surface area contributed by atoms with E-state index < -0.39 is 0 Å². The first kappa shape index (κ1) is 13.5. The number of hydrogen-bond donors (Lipinski definition) is 2. The molecule has 0 aliphatic carbocycles. The van der Waals surface area contributed by atoms with Crippen molar-refractivity contribution < 1.29 is 4.79 Å². The SMILES string of the molecule is C[C@@H]1CN(CC(=O)Nc2cccc(C#N)c2)CCN1. The van der Waals surface area contributed by atoms with E-state index in [0.29, 0.717) is 23.8 Å². The van der Waals surface area contributed by atoms with E-state index in [1.165, 1.54) is 0 Å². The maximum absolute atomic E-state index is 11.9. The lowest BCUT2D eigenvalue weighted by Crippen LogP contribution is -2.51. The fourth-order valence-electron chi connectivity index (χ4n) is 2.23. The summed E-state index contributed by atoms with van der Waals surface area (Å²) in [4.78, 5) is 14.1. The minimum atomic E-state index is -0.0378. The number of nitriles is 1. The van der Waals surface area contributed by atoms with Crippen molar-refractivity contribution in [2.45, 2.75) is 13.0 Å². The van der Waals surface area contributed by atoms with Gasteiger partial charge in [-0.1, -0.05) is 6.07 Å². The molecule has 0 saturated carbocycles. The number of carbonyl (C=O) groups excluding carboxylic acids is 1. The van der Waals surface area contributed by atoms with Crippen LogP contribution in [0.5, 0.6) is 0 Å². The molecule has 2 N–H and O–H groups in total. The van der Waals surface area contributed by atoms with Crippen LogP contribution in [0.3, 0.4) is 0 Å². The molecule has 1 heterocycles. The van der Waals surface area contributed by atoms with Crippen molar-refractivity contribution in [2.24, 2.45) is 0 Å². The smallest absolute Gasteiger partial charge is 0.238 e. The molecule has 5 heteroatoms. The molecule has 19 heavy (non-hydrogen) atoms. The van der Waals surface area contributed by atoms with Crippen molar-refractivity contribution >= 4 is 11.6 Å². The van der Waals surface area contributed by atoms with Crippen LogP contribution < -0.4 is 10.6 Å². The van der Waals surface area contributed by atoms with E-state index in [9.17, 15) is 4.79 Å². The van der Waals surface area contributed by atoms with E-state index in [4.69, 9.17) is 5.26 Å².